The molecule has 0 saturated carbocycles. The Morgan fingerprint density at radius 3 is 2.47 bits per heavy atom. The van der Waals surface area contributed by atoms with Gasteiger partial charge in [-0.3, -0.25) is 19.8 Å². The van der Waals surface area contributed by atoms with Crippen molar-refractivity contribution in [2.24, 2.45) is 0 Å². The number of nitrogens with zero attached hydrogens (tertiary/aromatic N) is 3. The van der Waals surface area contributed by atoms with Gasteiger partial charge in [0.1, 0.15) is 5.60 Å². The largest absolute Gasteiger partial charge is 0.444 e. The maximum Gasteiger partial charge on any atom is 0.410 e. The Labute approximate surface area is 227 Å². The van der Waals surface area contributed by atoms with E-state index in [1.807, 2.05) is 24.3 Å². The minimum absolute atomic E-state index is 0.0929. The van der Waals surface area contributed by atoms with Crippen LogP contribution >= 0.6 is 11.8 Å². The van der Waals surface area contributed by atoms with Crippen molar-refractivity contribution in [1.29, 1.82) is 0 Å². The van der Waals surface area contributed by atoms with Crippen molar-refractivity contribution in [2.45, 2.75) is 62.0 Å². The van der Waals surface area contributed by atoms with Gasteiger partial charge in [-0.2, -0.15) is 0 Å². The highest BCUT2D eigenvalue weighted by atomic mass is 32.2. The average Bonchev–Trinajstić information content (AvgIpc) is 2.86. The Morgan fingerprint density at radius 1 is 1.18 bits per heavy atom. The number of nitro groups is 1. The summed E-state index contributed by atoms with van der Waals surface area (Å²) in [6.45, 7) is 13.5. The average molecular weight is 542 g/mol. The molecule has 38 heavy (non-hydrogen) atoms. The Morgan fingerprint density at radius 2 is 1.87 bits per heavy atom. The first-order valence-corrected chi connectivity index (χ1v) is 13.3. The highest BCUT2D eigenvalue weighted by Crippen LogP contribution is 2.39. The molecule has 1 N–H and O–H groups in total. The van der Waals surface area contributed by atoms with E-state index in [4.69, 9.17) is 4.74 Å². The summed E-state index contributed by atoms with van der Waals surface area (Å²) >= 11 is 1.32. The molecule has 0 aliphatic carbocycles. The van der Waals surface area contributed by atoms with Gasteiger partial charge in [-0.05, 0) is 49.9 Å². The molecule has 1 saturated heterocycles. The maximum atomic E-state index is 13.3. The van der Waals surface area contributed by atoms with Gasteiger partial charge < -0.3 is 14.7 Å². The zero-order valence-electron chi connectivity index (χ0n) is 22.5. The summed E-state index contributed by atoms with van der Waals surface area (Å²) in [7, 11) is 0. The van der Waals surface area contributed by atoms with Crippen LogP contribution in [-0.2, 0) is 9.53 Å². The number of aliphatic hydroxyl groups excluding tert-OH is 1. The van der Waals surface area contributed by atoms with Crippen LogP contribution in [0.3, 0.4) is 0 Å². The second kappa shape index (κ2) is 12.0. The van der Waals surface area contributed by atoms with Gasteiger partial charge in [-0.25, -0.2) is 4.79 Å². The van der Waals surface area contributed by atoms with Crippen LogP contribution in [0.4, 0.5) is 10.5 Å². The fourth-order valence-corrected chi connectivity index (χ4v) is 5.35. The smallest absolute Gasteiger partial charge is 0.410 e. The number of hydrogen-bond acceptors (Lipinski definition) is 7. The molecule has 10 heteroatoms. The lowest BCUT2D eigenvalue weighted by Crippen LogP contribution is -2.58. The van der Waals surface area contributed by atoms with Crippen molar-refractivity contribution < 1.29 is 24.4 Å². The monoisotopic (exact) mass is 541 g/mol. The minimum atomic E-state index is -0.686. The minimum Gasteiger partial charge on any atom is -0.444 e. The summed E-state index contributed by atoms with van der Waals surface area (Å²) in [6.07, 6.45) is -0.551. The number of amides is 2. The van der Waals surface area contributed by atoms with E-state index in [2.05, 4.69) is 20.4 Å². The third-order valence-electron chi connectivity index (χ3n) is 6.13. The van der Waals surface area contributed by atoms with E-state index in [1.165, 1.54) is 27.6 Å². The van der Waals surface area contributed by atoms with E-state index in [0.29, 0.717) is 10.5 Å². The molecule has 0 radical (unpaired) electrons. The number of piperazine rings is 1. The standard InChI is InChI=1S/C28H35N3O6S/c1-18(2)22-9-7-8-10-24(22)38-25-12-11-20(15-23(25)31(35)36)19(3)26(33)29-13-14-30(21(16-29)17-32)27(34)37-28(4,5)6/h7-12,15,18,21,32H,3,13-14,16-17H2,1-2,4-6H3. The van der Waals surface area contributed by atoms with Crippen LogP contribution in [0.2, 0.25) is 0 Å². The molecule has 0 aromatic heterocycles. The first-order valence-electron chi connectivity index (χ1n) is 12.5. The zero-order valence-corrected chi connectivity index (χ0v) is 23.3. The van der Waals surface area contributed by atoms with Crippen molar-refractivity contribution in [1.82, 2.24) is 9.80 Å². The molecule has 1 unspecified atom stereocenters. The highest BCUT2D eigenvalue weighted by Gasteiger charge is 2.35. The summed E-state index contributed by atoms with van der Waals surface area (Å²) in [5.74, 6) is -0.153. The lowest BCUT2D eigenvalue weighted by molar-refractivity contribution is -0.387. The van der Waals surface area contributed by atoms with Gasteiger partial charge in [0.2, 0.25) is 0 Å². The summed E-state index contributed by atoms with van der Waals surface area (Å²) < 4.78 is 5.42. The molecule has 204 valence electrons. The van der Waals surface area contributed by atoms with Crippen LogP contribution in [0, 0.1) is 10.1 Å². The van der Waals surface area contributed by atoms with Crippen LogP contribution in [0.5, 0.6) is 0 Å². The van der Waals surface area contributed by atoms with E-state index in [9.17, 15) is 24.8 Å². The summed E-state index contributed by atoms with van der Waals surface area (Å²) in [6, 6.07) is 11.8. The van der Waals surface area contributed by atoms with Crippen molar-refractivity contribution in [3.8, 4) is 0 Å². The topological polar surface area (TPSA) is 113 Å². The molecule has 0 bridgehead atoms. The molecule has 3 rings (SSSR count). The fraction of sp³-hybridized carbons (Fsp3) is 0.429. The number of hydrogen-bond donors (Lipinski definition) is 1. The second-order valence-corrected chi connectivity index (χ2v) is 11.6. The first-order chi connectivity index (χ1) is 17.8. The predicted octanol–water partition coefficient (Wildman–Crippen LogP) is 5.32. The Balaban J connectivity index is 1.78. The quantitative estimate of drug-likeness (QED) is 0.287. The molecule has 2 amide bonds. The summed E-state index contributed by atoms with van der Waals surface area (Å²) in [4.78, 5) is 41.6. The van der Waals surface area contributed by atoms with E-state index in [1.54, 1.807) is 32.9 Å². The van der Waals surface area contributed by atoms with Crippen LogP contribution < -0.4 is 0 Å². The second-order valence-electron chi connectivity index (χ2n) is 10.5. The number of carbonyl (C=O) groups excluding carboxylic acids is 2. The number of ether oxygens (including phenoxy) is 1. The lowest BCUT2D eigenvalue weighted by Gasteiger charge is -2.41. The molecular formula is C28H35N3O6S. The van der Waals surface area contributed by atoms with Gasteiger partial charge in [0.15, 0.2) is 0 Å². The third kappa shape index (κ3) is 6.93. The first kappa shape index (κ1) is 29.2. The number of benzene rings is 2. The molecular weight excluding hydrogens is 506 g/mol. The number of rotatable bonds is 7. The molecule has 9 nitrogen and oxygen atoms in total. The highest BCUT2D eigenvalue weighted by molar-refractivity contribution is 7.99. The van der Waals surface area contributed by atoms with Gasteiger partial charge in [0, 0.05) is 36.2 Å². The van der Waals surface area contributed by atoms with Crippen LogP contribution in [0.1, 0.15) is 51.7 Å². The number of aliphatic hydroxyl groups is 1. The fourth-order valence-electron chi connectivity index (χ4n) is 4.17. The van der Waals surface area contributed by atoms with Gasteiger partial charge >= 0.3 is 6.09 Å². The van der Waals surface area contributed by atoms with Crippen LogP contribution in [0.15, 0.2) is 58.8 Å². The van der Waals surface area contributed by atoms with E-state index in [-0.39, 0.29) is 43.4 Å². The van der Waals surface area contributed by atoms with Gasteiger partial charge in [-0.1, -0.05) is 56.5 Å². The van der Waals surface area contributed by atoms with E-state index in [0.717, 1.165) is 10.5 Å². The predicted molar refractivity (Wildman–Crippen MR) is 147 cm³/mol. The van der Waals surface area contributed by atoms with Gasteiger partial charge in [-0.15, -0.1) is 0 Å². The molecule has 1 atom stereocenters. The molecule has 2 aromatic rings. The lowest BCUT2D eigenvalue weighted by atomic mass is 10.0. The normalized spacial score (nSPS) is 15.9. The SMILES string of the molecule is C=C(C(=O)N1CCN(C(=O)OC(C)(C)C)C(CO)C1)c1ccc(Sc2ccccc2C(C)C)c([N+](=O)[O-])c1. The van der Waals surface area contributed by atoms with Crippen LogP contribution in [0.25, 0.3) is 5.57 Å². The van der Waals surface area contributed by atoms with E-state index < -0.39 is 28.6 Å². The Bertz CT molecular complexity index is 1220. The molecule has 1 heterocycles. The number of carbonyl (C=O) groups is 2. The van der Waals surface area contributed by atoms with Crippen LogP contribution in [-0.4, -0.2) is 69.7 Å². The molecule has 1 fully saturated rings. The molecule has 1 aliphatic heterocycles. The Kier molecular flexibility index (Phi) is 9.22. The molecule has 0 spiro atoms. The van der Waals surface area contributed by atoms with Crippen molar-refractivity contribution in [3.05, 3.63) is 70.3 Å². The third-order valence-corrected chi connectivity index (χ3v) is 7.29. The van der Waals surface area contributed by atoms with Gasteiger partial charge in [0.05, 0.1) is 22.5 Å². The van der Waals surface area contributed by atoms with Crippen molar-refractivity contribution in [2.75, 3.05) is 26.2 Å². The van der Waals surface area contributed by atoms with Crippen molar-refractivity contribution in [3.63, 3.8) is 0 Å². The van der Waals surface area contributed by atoms with E-state index >= 15 is 0 Å². The Hall–Kier alpha value is -3.37. The van der Waals surface area contributed by atoms with Crippen molar-refractivity contribution >= 4 is 35.0 Å². The maximum absolute atomic E-state index is 13.3. The van der Waals surface area contributed by atoms with Gasteiger partial charge in [0.25, 0.3) is 11.6 Å². The summed E-state index contributed by atoms with van der Waals surface area (Å²) in [5, 5.41) is 21.8. The molecule has 1 aliphatic rings. The zero-order chi connectivity index (χ0) is 28.2. The molecule has 2 aromatic carbocycles. The summed E-state index contributed by atoms with van der Waals surface area (Å²) in [5.41, 5.74) is 0.754. The number of nitro benzene ring substituents is 1.